The number of carbonyl (C=O) groups is 1. The molecule has 1 amide bonds. The van der Waals surface area contributed by atoms with Gasteiger partial charge >= 0.3 is 0 Å². The first-order valence-corrected chi connectivity index (χ1v) is 11.0. The van der Waals surface area contributed by atoms with Crippen LogP contribution in [0.15, 0.2) is 77.7 Å². The summed E-state index contributed by atoms with van der Waals surface area (Å²) in [5.41, 5.74) is 2.66. The van der Waals surface area contributed by atoms with Crippen LogP contribution in [0.2, 0.25) is 5.02 Å². The summed E-state index contributed by atoms with van der Waals surface area (Å²) in [6, 6.07) is 20.5. The Hall–Kier alpha value is -2.83. The van der Waals surface area contributed by atoms with E-state index in [2.05, 4.69) is 4.72 Å². The van der Waals surface area contributed by atoms with Crippen LogP contribution < -0.4 is 9.62 Å². The van der Waals surface area contributed by atoms with Crippen molar-refractivity contribution in [2.45, 2.75) is 24.3 Å². The van der Waals surface area contributed by atoms with Gasteiger partial charge in [-0.1, -0.05) is 48.0 Å². The first-order chi connectivity index (χ1) is 13.9. The lowest BCUT2D eigenvalue weighted by molar-refractivity contribution is 0.0981. The molecule has 1 aliphatic heterocycles. The van der Waals surface area contributed by atoms with Crippen LogP contribution in [0.1, 0.15) is 22.8 Å². The first kappa shape index (κ1) is 19.5. The summed E-state index contributed by atoms with van der Waals surface area (Å²) in [4.78, 5) is 15.0. The molecular weight excluding hydrogens is 408 g/mol. The van der Waals surface area contributed by atoms with Crippen LogP contribution in [0, 0.1) is 0 Å². The molecule has 0 fully saturated rings. The minimum Gasteiger partial charge on any atom is -0.305 e. The van der Waals surface area contributed by atoms with Crippen molar-refractivity contribution in [2.75, 3.05) is 9.62 Å². The molecule has 0 radical (unpaired) electrons. The molecule has 0 unspecified atom stereocenters. The van der Waals surface area contributed by atoms with Crippen molar-refractivity contribution in [1.29, 1.82) is 0 Å². The Labute approximate surface area is 175 Å². The average Bonchev–Trinajstić information content (AvgIpc) is 3.05. The number of fused-ring (bicyclic) bond motifs is 1. The number of nitrogens with zero attached hydrogens (tertiary/aromatic N) is 1. The van der Waals surface area contributed by atoms with Gasteiger partial charge in [0.15, 0.2) is 0 Å². The number of amides is 1. The van der Waals surface area contributed by atoms with E-state index < -0.39 is 10.0 Å². The molecule has 0 spiro atoms. The van der Waals surface area contributed by atoms with E-state index in [0.29, 0.717) is 5.56 Å². The van der Waals surface area contributed by atoms with Crippen molar-refractivity contribution in [1.82, 2.24) is 0 Å². The number of anilines is 2. The third-order valence-electron chi connectivity index (χ3n) is 4.94. The molecule has 0 aliphatic carbocycles. The minimum atomic E-state index is -3.76. The van der Waals surface area contributed by atoms with Crippen LogP contribution in [0.5, 0.6) is 0 Å². The zero-order valence-electron chi connectivity index (χ0n) is 15.7. The van der Waals surface area contributed by atoms with Gasteiger partial charge in [-0.3, -0.25) is 9.52 Å². The SMILES string of the molecule is C[C@@H]1Cc2ccccc2N1C(=O)c1ccc(NS(=O)(=O)c2ccccc2)c(Cl)c1. The lowest BCUT2D eigenvalue weighted by Crippen LogP contribution is -2.35. The van der Waals surface area contributed by atoms with Crippen LogP contribution >= 0.6 is 11.6 Å². The molecule has 1 heterocycles. The minimum absolute atomic E-state index is 0.0370. The fraction of sp³-hybridized carbons (Fsp3) is 0.136. The summed E-state index contributed by atoms with van der Waals surface area (Å²) in [6.07, 6.45) is 0.796. The molecule has 4 rings (SSSR count). The highest BCUT2D eigenvalue weighted by atomic mass is 35.5. The monoisotopic (exact) mass is 426 g/mol. The highest BCUT2D eigenvalue weighted by Crippen LogP contribution is 2.34. The second kappa shape index (κ2) is 7.54. The molecule has 148 valence electrons. The Bertz CT molecular complexity index is 1180. The molecule has 1 aliphatic rings. The van der Waals surface area contributed by atoms with E-state index in [4.69, 9.17) is 11.6 Å². The predicted octanol–water partition coefficient (Wildman–Crippen LogP) is 4.73. The van der Waals surface area contributed by atoms with Crippen LogP contribution in [0.4, 0.5) is 11.4 Å². The number of rotatable bonds is 4. The highest BCUT2D eigenvalue weighted by molar-refractivity contribution is 7.92. The largest absolute Gasteiger partial charge is 0.305 e. The van der Waals surface area contributed by atoms with Gasteiger partial charge in [0.1, 0.15) is 0 Å². The fourth-order valence-electron chi connectivity index (χ4n) is 3.55. The summed E-state index contributed by atoms with van der Waals surface area (Å²) >= 11 is 6.31. The molecule has 0 saturated carbocycles. The van der Waals surface area contributed by atoms with Crippen LogP contribution in [0.3, 0.4) is 0 Å². The molecular formula is C22H19ClN2O3S. The van der Waals surface area contributed by atoms with Gasteiger partial charge in [-0.25, -0.2) is 8.42 Å². The van der Waals surface area contributed by atoms with Gasteiger partial charge in [-0.15, -0.1) is 0 Å². The second-order valence-corrected chi connectivity index (χ2v) is 9.06. The maximum atomic E-state index is 13.1. The number of hydrogen-bond acceptors (Lipinski definition) is 3. The molecule has 3 aromatic carbocycles. The van der Waals surface area contributed by atoms with Crippen LogP contribution in [-0.2, 0) is 16.4 Å². The van der Waals surface area contributed by atoms with Crippen molar-refractivity contribution in [2.24, 2.45) is 0 Å². The van der Waals surface area contributed by atoms with Crippen molar-refractivity contribution >= 4 is 38.9 Å². The number of benzene rings is 3. The zero-order valence-corrected chi connectivity index (χ0v) is 17.2. The summed E-state index contributed by atoms with van der Waals surface area (Å²) < 4.78 is 27.5. The molecule has 3 aromatic rings. The Kier molecular flexibility index (Phi) is 5.06. The molecule has 29 heavy (non-hydrogen) atoms. The molecule has 7 heteroatoms. The number of halogens is 1. The van der Waals surface area contributed by atoms with Crippen molar-refractivity contribution < 1.29 is 13.2 Å². The molecule has 0 saturated heterocycles. The van der Waals surface area contributed by atoms with Gasteiger partial charge in [0.05, 0.1) is 15.6 Å². The van der Waals surface area contributed by atoms with Gasteiger partial charge < -0.3 is 4.90 Å². The molecule has 1 N–H and O–H groups in total. The van der Waals surface area contributed by atoms with E-state index in [1.165, 1.54) is 24.3 Å². The van der Waals surface area contributed by atoms with Gasteiger partial charge in [0.2, 0.25) is 0 Å². The van der Waals surface area contributed by atoms with E-state index >= 15 is 0 Å². The zero-order chi connectivity index (χ0) is 20.6. The van der Waals surface area contributed by atoms with Crippen LogP contribution in [-0.4, -0.2) is 20.4 Å². The Morgan fingerprint density at radius 1 is 1.03 bits per heavy atom. The number of sulfonamides is 1. The summed E-state index contributed by atoms with van der Waals surface area (Å²) in [7, 11) is -3.76. The Morgan fingerprint density at radius 2 is 1.72 bits per heavy atom. The van der Waals surface area contributed by atoms with E-state index in [9.17, 15) is 13.2 Å². The standard InChI is InChI=1S/C22H19ClN2O3S/c1-15-13-16-7-5-6-10-21(16)25(15)22(26)17-11-12-20(19(23)14-17)24-29(27,28)18-8-3-2-4-9-18/h2-12,14-15,24H,13H2,1H3/t15-/m1/s1. The topological polar surface area (TPSA) is 66.5 Å². The van der Waals surface area contributed by atoms with Gasteiger partial charge in [0, 0.05) is 17.3 Å². The summed E-state index contributed by atoms with van der Waals surface area (Å²) in [5.74, 6) is -0.165. The Balaban J connectivity index is 1.60. The smallest absolute Gasteiger partial charge is 0.261 e. The third-order valence-corrected chi connectivity index (χ3v) is 6.63. The van der Waals surface area contributed by atoms with Crippen molar-refractivity contribution in [3.05, 3.63) is 88.9 Å². The highest BCUT2D eigenvalue weighted by Gasteiger charge is 2.31. The van der Waals surface area contributed by atoms with E-state index in [-0.39, 0.29) is 27.6 Å². The Morgan fingerprint density at radius 3 is 2.45 bits per heavy atom. The quantitative estimate of drug-likeness (QED) is 0.655. The maximum absolute atomic E-state index is 13.1. The first-order valence-electron chi connectivity index (χ1n) is 9.16. The summed E-state index contributed by atoms with van der Waals surface area (Å²) in [6.45, 7) is 2.00. The molecule has 1 atom stereocenters. The second-order valence-electron chi connectivity index (χ2n) is 6.97. The lowest BCUT2D eigenvalue weighted by atomic mass is 10.1. The van der Waals surface area contributed by atoms with Gasteiger partial charge in [-0.2, -0.15) is 0 Å². The van der Waals surface area contributed by atoms with Gasteiger partial charge in [-0.05, 0) is 55.3 Å². The molecule has 5 nitrogen and oxygen atoms in total. The lowest BCUT2D eigenvalue weighted by Gasteiger charge is -2.23. The molecule has 0 bridgehead atoms. The predicted molar refractivity (Wildman–Crippen MR) is 115 cm³/mol. The molecule has 0 aromatic heterocycles. The van der Waals surface area contributed by atoms with Gasteiger partial charge in [0.25, 0.3) is 15.9 Å². The third kappa shape index (κ3) is 3.73. The van der Waals surface area contributed by atoms with E-state index in [1.807, 2.05) is 31.2 Å². The maximum Gasteiger partial charge on any atom is 0.261 e. The van der Waals surface area contributed by atoms with E-state index in [1.54, 1.807) is 29.2 Å². The normalized spacial score (nSPS) is 15.8. The van der Waals surface area contributed by atoms with Crippen LogP contribution in [0.25, 0.3) is 0 Å². The van der Waals surface area contributed by atoms with Crippen molar-refractivity contribution in [3.8, 4) is 0 Å². The number of para-hydroxylation sites is 1. The van der Waals surface area contributed by atoms with Crippen molar-refractivity contribution in [3.63, 3.8) is 0 Å². The van der Waals surface area contributed by atoms with E-state index in [0.717, 1.165) is 17.7 Å². The summed E-state index contributed by atoms with van der Waals surface area (Å²) in [5, 5.41) is 0.162. The number of nitrogens with one attached hydrogen (secondary N) is 1. The average molecular weight is 427 g/mol. The number of hydrogen-bond donors (Lipinski definition) is 1. The fourth-order valence-corrected chi connectivity index (χ4v) is 4.93. The number of carbonyl (C=O) groups excluding carboxylic acids is 1.